The van der Waals surface area contributed by atoms with Gasteiger partial charge in [0, 0.05) is 5.56 Å². The van der Waals surface area contributed by atoms with Gasteiger partial charge in [-0.05, 0) is 24.3 Å². The fourth-order valence-electron chi connectivity index (χ4n) is 1.49. The van der Waals surface area contributed by atoms with Gasteiger partial charge < -0.3 is 4.74 Å². The van der Waals surface area contributed by atoms with E-state index in [0.29, 0.717) is 11.3 Å². The maximum absolute atomic E-state index is 11.7. The van der Waals surface area contributed by atoms with Crippen molar-refractivity contribution in [3.05, 3.63) is 66.2 Å². The van der Waals surface area contributed by atoms with Crippen molar-refractivity contribution < 1.29 is 14.3 Å². The summed E-state index contributed by atoms with van der Waals surface area (Å²) < 4.78 is 5.24. The van der Waals surface area contributed by atoms with Crippen LogP contribution in [0, 0.1) is 0 Å². The third kappa shape index (κ3) is 4.13. The van der Waals surface area contributed by atoms with Gasteiger partial charge in [0.2, 0.25) is 0 Å². The van der Waals surface area contributed by atoms with Gasteiger partial charge in [0.05, 0.1) is 0 Å². The second kappa shape index (κ2) is 6.94. The standard InChI is InChI=1S/C15H14N2O3/c18-14(11-20-13-9-5-2-6-10-13)16-17-15(19)12-7-3-1-4-8-12/h1-10H,11H2,(H,16,18)(H,17,19). The molecule has 2 N–H and O–H groups in total. The van der Waals surface area contributed by atoms with Crippen molar-refractivity contribution in [3.8, 4) is 5.75 Å². The maximum atomic E-state index is 11.7. The highest BCUT2D eigenvalue weighted by Crippen LogP contribution is 2.07. The van der Waals surface area contributed by atoms with Crippen LogP contribution >= 0.6 is 0 Å². The van der Waals surface area contributed by atoms with Crippen LogP contribution in [0.3, 0.4) is 0 Å². The first-order chi connectivity index (χ1) is 9.75. The van der Waals surface area contributed by atoms with E-state index in [2.05, 4.69) is 10.9 Å². The minimum Gasteiger partial charge on any atom is -0.484 e. The van der Waals surface area contributed by atoms with Gasteiger partial charge in [-0.3, -0.25) is 20.4 Å². The number of amides is 2. The van der Waals surface area contributed by atoms with Gasteiger partial charge in [-0.2, -0.15) is 0 Å². The first-order valence-corrected chi connectivity index (χ1v) is 6.08. The molecule has 2 rings (SSSR count). The van der Waals surface area contributed by atoms with Crippen molar-refractivity contribution >= 4 is 11.8 Å². The van der Waals surface area contributed by atoms with E-state index in [1.165, 1.54) is 0 Å². The van der Waals surface area contributed by atoms with Gasteiger partial charge >= 0.3 is 0 Å². The number of carbonyl (C=O) groups is 2. The molecule has 5 nitrogen and oxygen atoms in total. The minimum atomic E-state index is -0.432. The molecule has 2 aromatic carbocycles. The second-order valence-corrected chi connectivity index (χ2v) is 3.97. The monoisotopic (exact) mass is 270 g/mol. The van der Waals surface area contributed by atoms with Crippen molar-refractivity contribution in [2.24, 2.45) is 0 Å². The van der Waals surface area contributed by atoms with Crippen LogP contribution < -0.4 is 15.6 Å². The van der Waals surface area contributed by atoms with Crippen LogP contribution in [0.1, 0.15) is 10.4 Å². The molecule has 5 heteroatoms. The number of para-hydroxylation sites is 1. The van der Waals surface area contributed by atoms with Gasteiger partial charge in [0.15, 0.2) is 6.61 Å². The van der Waals surface area contributed by atoms with E-state index < -0.39 is 5.91 Å². The van der Waals surface area contributed by atoms with Crippen LogP contribution in [-0.4, -0.2) is 18.4 Å². The topological polar surface area (TPSA) is 67.4 Å². The Morgan fingerprint density at radius 3 is 2.10 bits per heavy atom. The molecule has 102 valence electrons. The Balaban J connectivity index is 1.74. The molecule has 2 aromatic rings. The zero-order valence-corrected chi connectivity index (χ0v) is 10.7. The largest absolute Gasteiger partial charge is 0.484 e. The fraction of sp³-hybridized carbons (Fsp3) is 0.0667. The Morgan fingerprint density at radius 1 is 0.850 bits per heavy atom. The quantitative estimate of drug-likeness (QED) is 0.828. The highest BCUT2D eigenvalue weighted by molar-refractivity contribution is 5.95. The zero-order valence-electron chi connectivity index (χ0n) is 10.7. The number of benzene rings is 2. The number of ether oxygens (including phenoxy) is 1. The molecule has 0 bridgehead atoms. The lowest BCUT2D eigenvalue weighted by atomic mass is 10.2. The first-order valence-electron chi connectivity index (χ1n) is 6.08. The molecule has 0 unspecified atom stereocenters. The van der Waals surface area contributed by atoms with E-state index in [1.807, 2.05) is 24.3 Å². The average Bonchev–Trinajstić information content (AvgIpc) is 2.52. The molecule has 0 atom stereocenters. The van der Waals surface area contributed by atoms with Gasteiger partial charge in [0.1, 0.15) is 5.75 Å². The molecule has 0 saturated carbocycles. The molecule has 0 radical (unpaired) electrons. The summed E-state index contributed by atoms with van der Waals surface area (Å²) in [7, 11) is 0. The lowest BCUT2D eigenvalue weighted by molar-refractivity contribution is -0.123. The molecule has 0 spiro atoms. The van der Waals surface area contributed by atoms with Crippen LogP contribution in [0.4, 0.5) is 0 Å². The lowest BCUT2D eigenvalue weighted by Gasteiger charge is -2.08. The summed E-state index contributed by atoms with van der Waals surface area (Å²) in [5, 5.41) is 0. The summed E-state index contributed by atoms with van der Waals surface area (Å²) in [6, 6.07) is 17.6. The number of hydrazine groups is 1. The summed E-state index contributed by atoms with van der Waals surface area (Å²) in [5.74, 6) is -0.214. The Hall–Kier alpha value is -2.82. The summed E-state index contributed by atoms with van der Waals surface area (Å²) in [4.78, 5) is 23.2. The van der Waals surface area contributed by atoms with Gasteiger partial charge in [-0.25, -0.2) is 0 Å². The average molecular weight is 270 g/mol. The van der Waals surface area contributed by atoms with E-state index in [4.69, 9.17) is 4.74 Å². The predicted molar refractivity (Wildman–Crippen MR) is 74.0 cm³/mol. The van der Waals surface area contributed by atoms with Crippen molar-refractivity contribution in [1.29, 1.82) is 0 Å². The predicted octanol–water partition coefficient (Wildman–Crippen LogP) is 1.53. The third-order valence-corrected chi connectivity index (χ3v) is 2.46. The van der Waals surface area contributed by atoms with Gasteiger partial charge in [0.25, 0.3) is 11.8 Å². The molecule has 0 aliphatic heterocycles. The van der Waals surface area contributed by atoms with Crippen molar-refractivity contribution in [3.63, 3.8) is 0 Å². The SMILES string of the molecule is O=C(COc1ccccc1)NNC(=O)c1ccccc1. The minimum absolute atomic E-state index is 0.168. The molecule has 20 heavy (non-hydrogen) atoms. The number of carbonyl (C=O) groups excluding carboxylic acids is 2. The molecule has 2 amide bonds. The van der Waals surface area contributed by atoms with E-state index in [9.17, 15) is 9.59 Å². The van der Waals surface area contributed by atoms with Crippen LogP contribution in [0.5, 0.6) is 5.75 Å². The van der Waals surface area contributed by atoms with Crippen molar-refractivity contribution in [2.45, 2.75) is 0 Å². The van der Waals surface area contributed by atoms with Crippen molar-refractivity contribution in [1.82, 2.24) is 10.9 Å². The number of hydrogen-bond donors (Lipinski definition) is 2. The van der Waals surface area contributed by atoms with Gasteiger partial charge in [-0.1, -0.05) is 36.4 Å². The summed E-state index contributed by atoms with van der Waals surface area (Å²) in [5.41, 5.74) is 5.07. The highest BCUT2D eigenvalue weighted by Gasteiger charge is 2.06. The van der Waals surface area contributed by atoms with E-state index in [0.717, 1.165) is 0 Å². The molecular weight excluding hydrogens is 256 g/mol. The number of nitrogens with one attached hydrogen (secondary N) is 2. The lowest BCUT2D eigenvalue weighted by Crippen LogP contribution is -2.43. The summed E-state index contributed by atoms with van der Waals surface area (Å²) in [6.07, 6.45) is 0. The zero-order chi connectivity index (χ0) is 14.2. The summed E-state index contributed by atoms with van der Waals surface area (Å²) >= 11 is 0. The smallest absolute Gasteiger partial charge is 0.276 e. The Labute approximate surface area is 116 Å². The van der Waals surface area contributed by atoms with E-state index >= 15 is 0 Å². The highest BCUT2D eigenvalue weighted by atomic mass is 16.5. The Kier molecular flexibility index (Phi) is 4.72. The van der Waals surface area contributed by atoms with Crippen molar-refractivity contribution in [2.75, 3.05) is 6.61 Å². The molecule has 0 heterocycles. The molecule has 0 saturated heterocycles. The molecule has 0 fully saturated rings. The van der Waals surface area contributed by atoms with Crippen LogP contribution in [0.25, 0.3) is 0 Å². The molecular formula is C15H14N2O3. The third-order valence-electron chi connectivity index (χ3n) is 2.46. The fourth-order valence-corrected chi connectivity index (χ4v) is 1.49. The summed E-state index contributed by atoms with van der Waals surface area (Å²) in [6.45, 7) is -0.168. The van der Waals surface area contributed by atoms with Gasteiger partial charge in [-0.15, -0.1) is 0 Å². The van der Waals surface area contributed by atoms with E-state index in [-0.39, 0.29) is 12.5 Å². The Morgan fingerprint density at radius 2 is 1.45 bits per heavy atom. The Bertz CT molecular complexity index is 570. The number of hydrogen-bond acceptors (Lipinski definition) is 3. The number of rotatable bonds is 4. The molecule has 0 aliphatic carbocycles. The van der Waals surface area contributed by atoms with Crippen LogP contribution in [0.2, 0.25) is 0 Å². The molecule has 0 aliphatic rings. The maximum Gasteiger partial charge on any atom is 0.276 e. The molecule has 0 aromatic heterocycles. The van der Waals surface area contributed by atoms with E-state index in [1.54, 1.807) is 36.4 Å². The van der Waals surface area contributed by atoms with Crippen LogP contribution in [-0.2, 0) is 4.79 Å². The van der Waals surface area contributed by atoms with Crippen LogP contribution in [0.15, 0.2) is 60.7 Å². The normalized spacial score (nSPS) is 9.60. The first kappa shape index (κ1) is 13.6. The second-order valence-electron chi connectivity index (χ2n) is 3.97.